The van der Waals surface area contributed by atoms with Crippen LogP contribution >= 0.6 is 0 Å². The lowest BCUT2D eigenvalue weighted by atomic mass is 9.86. The van der Waals surface area contributed by atoms with Gasteiger partial charge in [0.1, 0.15) is 18.1 Å². The number of benzene rings is 2. The van der Waals surface area contributed by atoms with Crippen LogP contribution in [0.4, 0.5) is 10.5 Å². The lowest BCUT2D eigenvalue weighted by molar-refractivity contribution is 0.129. The molecule has 0 saturated heterocycles. The summed E-state index contributed by atoms with van der Waals surface area (Å²) in [6.07, 6.45) is 1.31. The first kappa shape index (κ1) is 17.9. The summed E-state index contributed by atoms with van der Waals surface area (Å²) in [6, 6.07) is 15.7. The van der Waals surface area contributed by atoms with E-state index in [-0.39, 0.29) is 24.8 Å². The lowest BCUT2D eigenvalue weighted by Crippen LogP contribution is -2.49. The molecule has 0 aromatic heterocycles. The van der Waals surface area contributed by atoms with Gasteiger partial charge in [0.15, 0.2) is 0 Å². The number of amides is 1. The highest BCUT2D eigenvalue weighted by atomic mass is 16.5. The van der Waals surface area contributed by atoms with E-state index in [1.165, 1.54) is 0 Å². The fourth-order valence-electron chi connectivity index (χ4n) is 2.92. The Morgan fingerprint density at radius 3 is 2.50 bits per heavy atom. The van der Waals surface area contributed by atoms with Crippen LogP contribution in [0.25, 0.3) is 0 Å². The van der Waals surface area contributed by atoms with Gasteiger partial charge in [-0.3, -0.25) is 0 Å². The second-order valence-electron chi connectivity index (χ2n) is 6.28. The number of carbonyl (C=O) groups excluding carboxylic acids is 1. The third-order valence-corrected chi connectivity index (χ3v) is 4.44. The second kappa shape index (κ2) is 8.47. The summed E-state index contributed by atoms with van der Waals surface area (Å²) >= 11 is 0. The maximum atomic E-state index is 11.9. The van der Waals surface area contributed by atoms with Gasteiger partial charge in [-0.25, -0.2) is 4.79 Å². The molecule has 6 heteroatoms. The number of alkyl carbamates (subject to hydrolysis) is 1. The third kappa shape index (κ3) is 4.59. The Hall–Kier alpha value is -2.89. The van der Waals surface area contributed by atoms with Gasteiger partial charge in [-0.05, 0) is 30.5 Å². The molecule has 26 heavy (non-hydrogen) atoms. The van der Waals surface area contributed by atoms with Gasteiger partial charge in [0.2, 0.25) is 0 Å². The first-order valence-corrected chi connectivity index (χ1v) is 8.63. The number of methoxy groups -OCH3 is 2. The zero-order valence-electron chi connectivity index (χ0n) is 15.0. The van der Waals surface area contributed by atoms with Gasteiger partial charge >= 0.3 is 6.09 Å². The number of nitrogens with one attached hydrogen (secondary N) is 2. The van der Waals surface area contributed by atoms with E-state index in [0.717, 1.165) is 35.6 Å². The predicted octanol–water partition coefficient (Wildman–Crippen LogP) is 3.57. The minimum absolute atomic E-state index is 0.125. The van der Waals surface area contributed by atoms with Crippen molar-refractivity contribution in [2.75, 3.05) is 19.5 Å². The Bertz CT molecular complexity index is 730. The molecule has 0 atom stereocenters. The molecule has 1 amide bonds. The zero-order valence-corrected chi connectivity index (χ0v) is 15.0. The topological polar surface area (TPSA) is 68.8 Å². The molecule has 6 nitrogen and oxygen atoms in total. The molecular weight excluding hydrogens is 332 g/mol. The summed E-state index contributed by atoms with van der Waals surface area (Å²) in [6.45, 7) is 0.282. The molecule has 0 bridgehead atoms. The Morgan fingerprint density at radius 2 is 1.81 bits per heavy atom. The van der Waals surface area contributed by atoms with Crippen LogP contribution in [-0.4, -0.2) is 32.4 Å². The number of anilines is 1. The highest BCUT2D eigenvalue weighted by Gasteiger charge is 2.31. The minimum Gasteiger partial charge on any atom is -0.497 e. The molecule has 2 N–H and O–H groups in total. The Morgan fingerprint density at radius 1 is 1.04 bits per heavy atom. The smallest absolute Gasteiger partial charge is 0.407 e. The number of ether oxygens (including phenoxy) is 3. The average molecular weight is 356 g/mol. The van der Waals surface area contributed by atoms with E-state index in [4.69, 9.17) is 14.2 Å². The van der Waals surface area contributed by atoms with E-state index in [1.807, 2.05) is 48.5 Å². The molecule has 1 aliphatic carbocycles. The minimum atomic E-state index is -0.376. The Labute approximate surface area is 153 Å². The van der Waals surface area contributed by atoms with Crippen molar-refractivity contribution in [2.45, 2.75) is 31.5 Å². The van der Waals surface area contributed by atoms with Gasteiger partial charge in [-0.15, -0.1) is 0 Å². The van der Waals surface area contributed by atoms with Crippen molar-refractivity contribution >= 4 is 11.8 Å². The van der Waals surface area contributed by atoms with Crippen molar-refractivity contribution < 1.29 is 19.0 Å². The first-order valence-electron chi connectivity index (χ1n) is 8.63. The van der Waals surface area contributed by atoms with Crippen molar-refractivity contribution in [3.8, 4) is 11.5 Å². The molecule has 0 aliphatic heterocycles. The largest absolute Gasteiger partial charge is 0.497 e. The number of rotatable bonds is 7. The second-order valence-corrected chi connectivity index (χ2v) is 6.28. The maximum absolute atomic E-state index is 11.9. The molecule has 1 aliphatic rings. The standard InChI is InChI=1S/C20H24N2O4/c1-24-17-8-9-18(19(12-17)25-2)21-15-10-16(11-15)22-20(23)26-13-14-6-4-3-5-7-14/h3-9,12,15-16,21H,10-11,13H2,1-2H3,(H,22,23). The molecule has 2 aromatic carbocycles. The highest BCUT2D eigenvalue weighted by Crippen LogP contribution is 2.32. The number of hydrogen-bond donors (Lipinski definition) is 2. The van der Waals surface area contributed by atoms with Gasteiger partial charge in [0.05, 0.1) is 19.9 Å². The monoisotopic (exact) mass is 356 g/mol. The summed E-state index contributed by atoms with van der Waals surface area (Å²) < 4.78 is 15.8. The maximum Gasteiger partial charge on any atom is 0.407 e. The van der Waals surface area contributed by atoms with Gasteiger partial charge in [-0.2, -0.15) is 0 Å². The van der Waals surface area contributed by atoms with Crippen molar-refractivity contribution in [3.05, 3.63) is 54.1 Å². The van der Waals surface area contributed by atoms with E-state index in [1.54, 1.807) is 14.2 Å². The normalized spacial score (nSPS) is 18.4. The summed E-state index contributed by atoms with van der Waals surface area (Å²) in [5.74, 6) is 1.49. The average Bonchev–Trinajstić information content (AvgIpc) is 2.65. The fourth-order valence-corrected chi connectivity index (χ4v) is 2.92. The van der Waals surface area contributed by atoms with Gasteiger partial charge in [-0.1, -0.05) is 30.3 Å². The summed E-state index contributed by atoms with van der Waals surface area (Å²) in [7, 11) is 3.26. The third-order valence-electron chi connectivity index (χ3n) is 4.44. The molecule has 0 heterocycles. The molecule has 1 saturated carbocycles. The molecule has 138 valence electrons. The number of hydrogen-bond acceptors (Lipinski definition) is 5. The van der Waals surface area contributed by atoms with Gasteiger partial charge in [0, 0.05) is 18.2 Å². The SMILES string of the molecule is COc1ccc(NC2CC(NC(=O)OCc3ccccc3)C2)c(OC)c1. The van der Waals surface area contributed by atoms with Crippen LogP contribution < -0.4 is 20.1 Å². The Balaban J connectivity index is 1.41. The van der Waals surface area contributed by atoms with Crippen molar-refractivity contribution in [3.63, 3.8) is 0 Å². The molecular formula is C20H24N2O4. The highest BCUT2D eigenvalue weighted by molar-refractivity contribution is 5.68. The van der Waals surface area contributed by atoms with E-state index in [9.17, 15) is 4.79 Å². The van der Waals surface area contributed by atoms with E-state index >= 15 is 0 Å². The van der Waals surface area contributed by atoms with Crippen LogP contribution in [0.15, 0.2) is 48.5 Å². The van der Waals surface area contributed by atoms with Crippen molar-refractivity contribution in [1.29, 1.82) is 0 Å². The molecule has 0 unspecified atom stereocenters. The van der Waals surface area contributed by atoms with Crippen LogP contribution in [-0.2, 0) is 11.3 Å². The molecule has 3 rings (SSSR count). The number of carbonyl (C=O) groups is 1. The predicted molar refractivity (Wildman–Crippen MR) is 99.7 cm³/mol. The lowest BCUT2D eigenvalue weighted by Gasteiger charge is -2.36. The quantitative estimate of drug-likeness (QED) is 0.794. The Kier molecular flexibility index (Phi) is 5.84. The van der Waals surface area contributed by atoms with E-state index < -0.39 is 0 Å². The van der Waals surface area contributed by atoms with Gasteiger partial charge < -0.3 is 24.8 Å². The van der Waals surface area contributed by atoms with E-state index in [2.05, 4.69) is 10.6 Å². The fraction of sp³-hybridized carbons (Fsp3) is 0.350. The van der Waals surface area contributed by atoms with Crippen LogP contribution in [0.1, 0.15) is 18.4 Å². The van der Waals surface area contributed by atoms with Crippen LogP contribution in [0.3, 0.4) is 0 Å². The first-order chi connectivity index (χ1) is 12.7. The summed E-state index contributed by atoms with van der Waals surface area (Å²) in [4.78, 5) is 11.9. The zero-order chi connectivity index (χ0) is 18.4. The van der Waals surface area contributed by atoms with Crippen LogP contribution in [0, 0.1) is 0 Å². The van der Waals surface area contributed by atoms with Crippen molar-refractivity contribution in [2.24, 2.45) is 0 Å². The van der Waals surface area contributed by atoms with Crippen LogP contribution in [0.2, 0.25) is 0 Å². The summed E-state index contributed by atoms with van der Waals surface area (Å²) in [5.41, 5.74) is 1.89. The molecule has 2 aromatic rings. The van der Waals surface area contributed by atoms with E-state index in [0.29, 0.717) is 0 Å². The molecule has 0 radical (unpaired) electrons. The van der Waals surface area contributed by atoms with Gasteiger partial charge in [0.25, 0.3) is 0 Å². The summed E-state index contributed by atoms with van der Waals surface area (Å²) in [5, 5.41) is 6.33. The van der Waals surface area contributed by atoms with Crippen molar-refractivity contribution in [1.82, 2.24) is 5.32 Å². The molecule has 0 spiro atoms. The van der Waals surface area contributed by atoms with Crippen LogP contribution in [0.5, 0.6) is 11.5 Å². The molecule has 1 fully saturated rings.